The Kier molecular flexibility index (Phi) is 3.00. The maximum atomic E-state index is 12.1. The van der Waals surface area contributed by atoms with E-state index in [1.54, 1.807) is 18.3 Å². The molecule has 3 aromatic rings. The molecule has 0 aliphatic rings. The van der Waals surface area contributed by atoms with Crippen molar-refractivity contribution in [3.63, 3.8) is 0 Å². The Hall–Kier alpha value is -1.85. The number of nitrogens with zero attached hydrogens (tertiary/aromatic N) is 1. The highest BCUT2D eigenvalue weighted by Gasteiger charge is 2.11. The predicted molar refractivity (Wildman–Crippen MR) is 77.2 cm³/mol. The fourth-order valence-electron chi connectivity index (χ4n) is 1.89. The Bertz CT molecular complexity index is 796. The molecule has 0 aliphatic heterocycles. The van der Waals surface area contributed by atoms with Gasteiger partial charge in [-0.05, 0) is 12.1 Å². The second-order valence-electron chi connectivity index (χ2n) is 3.89. The number of nitrogens with one attached hydrogen (secondary N) is 1. The zero-order valence-corrected chi connectivity index (χ0v) is 11.5. The third kappa shape index (κ3) is 2.01. The summed E-state index contributed by atoms with van der Waals surface area (Å²) < 4.78 is 5.16. The fraction of sp³-hybridized carbons (Fsp3) is 0.0769. The van der Waals surface area contributed by atoms with Crippen LogP contribution in [0.15, 0.2) is 34.6 Å². The molecule has 0 amide bonds. The van der Waals surface area contributed by atoms with Gasteiger partial charge in [-0.15, -0.1) is 11.3 Å². The number of ether oxygens (including phenoxy) is 1. The number of thiazole rings is 1. The Labute approximate surface area is 117 Å². The number of halogens is 1. The average molecular weight is 293 g/mol. The summed E-state index contributed by atoms with van der Waals surface area (Å²) in [6.45, 7) is 0. The summed E-state index contributed by atoms with van der Waals surface area (Å²) in [5, 5.41) is 3.53. The van der Waals surface area contributed by atoms with Crippen LogP contribution in [0.1, 0.15) is 0 Å². The highest BCUT2D eigenvalue weighted by atomic mass is 35.5. The fourth-order valence-corrected chi connectivity index (χ4v) is 2.79. The lowest BCUT2D eigenvalue weighted by Crippen LogP contribution is -2.03. The molecule has 0 unspecified atom stereocenters. The van der Waals surface area contributed by atoms with Crippen LogP contribution in [0.2, 0.25) is 5.02 Å². The average Bonchev–Trinajstić information content (AvgIpc) is 2.94. The molecular formula is C13H9ClN2O2S. The van der Waals surface area contributed by atoms with Crippen molar-refractivity contribution in [3.05, 3.63) is 45.0 Å². The van der Waals surface area contributed by atoms with Gasteiger partial charge in [0.25, 0.3) is 0 Å². The molecule has 0 aliphatic carbocycles. The van der Waals surface area contributed by atoms with Crippen molar-refractivity contribution in [3.8, 4) is 16.5 Å². The predicted octanol–water partition coefficient (Wildman–Crippen LogP) is 3.31. The van der Waals surface area contributed by atoms with Gasteiger partial charge in [-0.2, -0.15) is 0 Å². The van der Waals surface area contributed by atoms with Crippen LogP contribution in [0.4, 0.5) is 0 Å². The van der Waals surface area contributed by atoms with Gasteiger partial charge in [0.1, 0.15) is 15.8 Å². The summed E-state index contributed by atoms with van der Waals surface area (Å²) in [6, 6.07) is 4.91. The number of methoxy groups -OCH3 is 1. The van der Waals surface area contributed by atoms with E-state index in [1.165, 1.54) is 24.5 Å². The standard InChI is InChI=1S/C13H9ClN2O2S/c1-18-10-3-2-7-9(17)6-8(13-15-4-5-19-13)16-12(7)11(10)14/h2-6H,1H3,(H,16,17). The number of hydrogen-bond donors (Lipinski definition) is 1. The van der Waals surface area contributed by atoms with E-state index in [2.05, 4.69) is 9.97 Å². The molecule has 0 bridgehead atoms. The first-order chi connectivity index (χ1) is 9.20. The van der Waals surface area contributed by atoms with E-state index in [4.69, 9.17) is 16.3 Å². The maximum Gasteiger partial charge on any atom is 0.190 e. The number of aromatic nitrogens is 2. The van der Waals surface area contributed by atoms with Gasteiger partial charge in [-0.25, -0.2) is 4.98 Å². The molecule has 0 saturated heterocycles. The van der Waals surface area contributed by atoms with E-state index in [-0.39, 0.29) is 5.43 Å². The normalized spacial score (nSPS) is 10.8. The summed E-state index contributed by atoms with van der Waals surface area (Å²) in [5.74, 6) is 0.529. The number of rotatable bonds is 2. The van der Waals surface area contributed by atoms with Crippen LogP contribution >= 0.6 is 22.9 Å². The molecular weight excluding hydrogens is 284 g/mol. The van der Waals surface area contributed by atoms with Crippen LogP contribution in [-0.2, 0) is 0 Å². The monoisotopic (exact) mass is 292 g/mol. The molecule has 0 saturated carbocycles. The third-order valence-corrected chi connectivity index (χ3v) is 3.97. The summed E-state index contributed by atoms with van der Waals surface area (Å²) in [6.07, 6.45) is 1.69. The molecule has 0 atom stereocenters. The number of pyridine rings is 1. The first-order valence-corrected chi connectivity index (χ1v) is 6.76. The van der Waals surface area contributed by atoms with Gasteiger partial charge in [0.2, 0.25) is 0 Å². The van der Waals surface area contributed by atoms with Crippen molar-refractivity contribution in [2.45, 2.75) is 0 Å². The molecule has 1 aromatic carbocycles. The van der Waals surface area contributed by atoms with Crippen LogP contribution in [0.3, 0.4) is 0 Å². The van der Waals surface area contributed by atoms with Crippen LogP contribution < -0.4 is 10.2 Å². The molecule has 19 heavy (non-hydrogen) atoms. The van der Waals surface area contributed by atoms with Crippen molar-refractivity contribution >= 4 is 33.8 Å². The number of benzene rings is 1. The third-order valence-electron chi connectivity index (χ3n) is 2.79. The van der Waals surface area contributed by atoms with E-state index in [9.17, 15) is 4.79 Å². The minimum Gasteiger partial charge on any atom is -0.495 e. The minimum atomic E-state index is -0.0940. The zero-order chi connectivity index (χ0) is 13.4. The molecule has 3 rings (SSSR count). The van der Waals surface area contributed by atoms with Crippen molar-refractivity contribution in [2.75, 3.05) is 7.11 Å². The second-order valence-corrected chi connectivity index (χ2v) is 5.16. The van der Waals surface area contributed by atoms with Gasteiger partial charge in [0.15, 0.2) is 5.43 Å². The lowest BCUT2D eigenvalue weighted by molar-refractivity contribution is 0.415. The first-order valence-electron chi connectivity index (χ1n) is 5.50. The van der Waals surface area contributed by atoms with E-state index in [0.29, 0.717) is 27.4 Å². The van der Waals surface area contributed by atoms with Crippen LogP contribution in [0, 0.1) is 0 Å². The van der Waals surface area contributed by atoms with Gasteiger partial charge < -0.3 is 9.72 Å². The molecule has 4 nitrogen and oxygen atoms in total. The molecule has 2 heterocycles. The van der Waals surface area contributed by atoms with Crippen LogP contribution in [-0.4, -0.2) is 17.1 Å². The molecule has 96 valence electrons. The topological polar surface area (TPSA) is 55.0 Å². The Morgan fingerprint density at radius 2 is 2.26 bits per heavy atom. The first kappa shape index (κ1) is 12.2. The number of fused-ring (bicyclic) bond motifs is 1. The van der Waals surface area contributed by atoms with Gasteiger partial charge in [0.05, 0.1) is 18.3 Å². The lowest BCUT2D eigenvalue weighted by atomic mass is 10.2. The van der Waals surface area contributed by atoms with Crippen molar-refractivity contribution in [1.29, 1.82) is 0 Å². The Morgan fingerprint density at radius 1 is 1.42 bits per heavy atom. The molecule has 1 N–H and O–H groups in total. The zero-order valence-electron chi connectivity index (χ0n) is 9.94. The summed E-state index contributed by atoms with van der Waals surface area (Å²) in [4.78, 5) is 19.4. The van der Waals surface area contributed by atoms with E-state index >= 15 is 0 Å². The summed E-state index contributed by atoms with van der Waals surface area (Å²) >= 11 is 7.69. The largest absolute Gasteiger partial charge is 0.495 e. The molecule has 0 radical (unpaired) electrons. The lowest BCUT2D eigenvalue weighted by Gasteiger charge is -2.07. The smallest absolute Gasteiger partial charge is 0.190 e. The minimum absolute atomic E-state index is 0.0940. The van der Waals surface area contributed by atoms with Crippen LogP contribution in [0.5, 0.6) is 5.75 Å². The van der Waals surface area contributed by atoms with Gasteiger partial charge in [-0.1, -0.05) is 11.6 Å². The molecule has 0 spiro atoms. The summed E-state index contributed by atoms with van der Waals surface area (Å²) in [5.41, 5.74) is 1.13. The van der Waals surface area contributed by atoms with Crippen molar-refractivity contribution in [1.82, 2.24) is 9.97 Å². The van der Waals surface area contributed by atoms with Crippen molar-refractivity contribution < 1.29 is 4.74 Å². The van der Waals surface area contributed by atoms with E-state index in [0.717, 1.165) is 5.01 Å². The van der Waals surface area contributed by atoms with Crippen LogP contribution in [0.25, 0.3) is 21.6 Å². The number of H-pyrrole nitrogens is 1. The Balaban J connectivity index is 2.35. The molecule has 6 heteroatoms. The van der Waals surface area contributed by atoms with Gasteiger partial charge in [-0.3, -0.25) is 4.79 Å². The van der Waals surface area contributed by atoms with E-state index in [1.807, 2.05) is 5.38 Å². The maximum absolute atomic E-state index is 12.1. The quantitative estimate of drug-likeness (QED) is 0.788. The SMILES string of the molecule is COc1ccc2c(=O)cc(-c3nccs3)[nH]c2c1Cl. The molecule has 0 fully saturated rings. The summed E-state index contributed by atoms with van der Waals surface area (Å²) in [7, 11) is 1.54. The highest BCUT2D eigenvalue weighted by molar-refractivity contribution is 7.13. The number of hydrogen-bond acceptors (Lipinski definition) is 4. The van der Waals surface area contributed by atoms with Gasteiger partial charge >= 0.3 is 0 Å². The second kappa shape index (κ2) is 4.68. The molecule has 2 aromatic heterocycles. The van der Waals surface area contributed by atoms with Gasteiger partial charge in [0, 0.05) is 23.0 Å². The number of aromatic amines is 1. The Morgan fingerprint density at radius 3 is 2.95 bits per heavy atom. The van der Waals surface area contributed by atoms with E-state index < -0.39 is 0 Å². The highest BCUT2D eigenvalue weighted by Crippen LogP contribution is 2.31. The van der Waals surface area contributed by atoms with Crippen molar-refractivity contribution in [2.24, 2.45) is 0 Å².